The Bertz CT molecular complexity index is 916. The summed E-state index contributed by atoms with van der Waals surface area (Å²) < 4.78 is 23.1. The van der Waals surface area contributed by atoms with E-state index in [1.807, 2.05) is 19.1 Å². The van der Waals surface area contributed by atoms with E-state index in [-0.39, 0.29) is 29.4 Å². The molecule has 7 heteroatoms. The van der Waals surface area contributed by atoms with Crippen molar-refractivity contribution in [2.45, 2.75) is 51.0 Å². The van der Waals surface area contributed by atoms with E-state index in [1.165, 1.54) is 17.4 Å². The van der Waals surface area contributed by atoms with E-state index in [0.29, 0.717) is 18.0 Å². The molecule has 0 aliphatic heterocycles. The Morgan fingerprint density at radius 3 is 2.00 bits per heavy atom. The van der Waals surface area contributed by atoms with Crippen LogP contribution in [0.4, 0.5) is 0 Å². The number of halogens is 1. The second-order valence-electron chi connectivity index (χ2n) is 8.23. The maximum Gasteiger partial charge on any atom is 0.191 e. The second kappa shape index (κ2) is 11.7. The maximum atomic E-state index is 11.5. The summed E-state index contributed by atoms with van der Waals surface area (Å²) in [5, 5.41) is 6.60. The van der Waals surface area contributed by atoms with Crippen LogP contribution in [0, 0.1) is 0 Å². The number of nitrogens with one attached hydrogen (secondary N) is 2. The highest BCUT2D eigenvalue weighted by Crippen LogP contribution is 2.22. The molecule has 0 aromatic heterocycles. The molecule has 30 heavy (non-hydrogen) atoms. The van der Waals surface area contributed by atoms with Crippen molar-refractivity contribution in [2.75, 3.05) is 19.3 Å². The molecule has 0 fully saturated rings. The fraction of sp³-hybridized carbons (Fsp3) is 0.435. The van der Waals surface area contributed by atoms with Crippen LogP contribution in [0.1, 0.15) is 44.4 Å². The predicted octanol–water partition coefficient (Wildman–Crippen LogP) is 4.30. The van der Waals surface area contributed by atoms with Crippen molar-refractivity contribution in [3.8, 4) is 0 Å². The minimum absolute atomic E-state index is 0. The lowest BCUT2D eigenvalue weighted by atomic mass is 9.87. The van der Waals surface area contributed by atoms with Crippen LogP contribution >= 0.6 is 24.0 Å². The van der Waals surface area contributed by atoms with Gasteiger partial charge in [-0.3, -0.25) is 0 Å². The molecule has 2 N–H and O–H groups in total. The van der Waals surface area contributed by atoms with Gasteiger partial charge in [-0.25, -0.2) is 13.4 Å². The molecule has 0 bridgehead atoms. The Hall–Kier alpha value is -1.61. The van der Waals surface area contributed by atoms with Crippen LogP contribution in [-0.2, 0) is 28.2 Å². The molecule has 0 aliphatic rings. The quantitative estimate of drug-likeness (QED) is 0.311. The molecule has 0 heterocycles. The molecular formula is C23H34IN3O2S. The van der Waals surface area contributed by atoms with Gasteiger partial charge in [-0.05, 0) is 47.6 Å². The minimum atomic E-state index is -3.15. The molecule has 2 aromatic carbocycles. The summed E-state index contributed by atoms with van der Waals surface area (Å²) in [7, 11) is -3.15. The third-order valence-corrected chi connectivity index (χ3v) is 5.77. The molecule has 5 nitrogen and oxygen atoms in total. The molecule has 0 radical (unpaired) electrons. The fourth-order valence-corrected chi connectivity index (χ4v) is 3.48. The first-order chi connectivity index (χ1) is 13.6. The third kappa shape index (κ3) is 8.63. The zero-order valence-electron chi connectivity index (χ0n) is 18.5. The number of nitrogens with zero attached hydrogens (tertiary/aromatic N) is 1. The van der Waals surface area contributed by atoms with Crippen molar-refractivity contribution in [3.63, 3.8) is 0 Å². The molecule has 0 aliphatic carbocycles. The van der Waals surface area contributed by atoms with Crippen molar-refractivity contribution >= 4 is 39.8 Å². The number of sulfone groups is 1. The molecule has 0 unspecified atom stereocenters. The lowest BCUT2D eigenvalue weighted by Gasteiger charge is -2.19. The summed E-state index contributed by atoms with van der Waals surface area (Å²) in [5.41, 5.74) is 3.72. The fourth-order valence-electron chi connectivity index (χ4n) is 2.85. The summed E-state index contributed by atoms with van der Waals surface area (Å²) in [6.45, 7) is 10.8. The highest BCUT2D eigenvalue weighted by molar-refractivity contribution is 14.0. The van der Waals surface area contributed by atoms with Crippen LogP contribution in [0.3, 0.4) is 0 Å². The predicted molar refractivity (Wildman–Crippen MR) is 137 cm³/mol. The topological polar surface area (TPSA) is 70.6 Å². The first kappa shape index (κ1) is 26.4. The van der Waals surface area contributed by atoms with E-state index in [9.17, 15) is 8.42 Å². The molecule has 0 saturated carbocycles. The van der Waals surface area contributed by atoms with Gasteiger partial charge in [-0.15, -0.1) is 24.0 Å². The molecular weight excluding hydrogens is 509 g/mol. The van der Waals surface area contributed by atoms with Gasteiger partial charge in [0.25, 0.3) is 0 Å². The third-order valence-electron chi connectivity index (χ3n) is 4.64. The van der Waals surface area contributed by atoms with Gasteiger partial charge in [-0.1, -0.05) is 57.2 Å². The number of aliphatic imine (C=N–C) groups is 1. The highest BCUT2D eigenvalue weighted by Gasteiger charge is 2.12. The van der Waals surface area contributed by atoms with Crippen LogP contribution < -0.4 is 10.6 Å². The van der Waals surface area contributed by atoms with Crippen molar-refractivity contribution in [2.24, 2.45) is 4.99 Å². The van der Waals surface area contributed by atoms with E-state index in [0.717, 1.165) is 24.5 Å². The molecule has 0 atom stereocenters. The molecule has 2 aromatic rings. The standard InChI is InChI=1S/C23H33N3O2S.HI/c1-6-24-22(26-17-19-7-11-20(12-8-19)23(2,3)4)25-16-15-18-9-13-21(14-10-18)29(5,27)28;/h7-14H,6,15-17H2,1-5H3,(H2,24,25,26);1H. The summed E-state index contributed by atoms with van der Waals surface area (Å²) >= 11 is 0. The van der Waals surface area contributed by atoms with Crippen LogP contribution in [0.15, 0.2) is 58.4 Å². The molecule has 0 saturated heterocycles. The van der Waals surface area contributed by atoms with Crippen molar-refractivity contribution < 1.29 is 8.42 Å². The van der Waals surface area contributed by atoms with Gasteiger partial charge in [0.2, 0.25) is 0 Å². The summed E-state index contributed by atoms with van der Waals surface area (Å²) in [6, 6.07) is 15.7. The summed E-state index contributed by atoms with van der Waals surface area (Å²) in [6.07, 6.45) is 2.01. The Morgan fingerprint density at radius 1 is 0.933 bits per heavy atom. The van der Waals surface area contributed by atoms with E-state index in [4.69, 9.17) is 0 Å². The number of guanidine groups is 1. The second-order valence-corrected chi connectivity index (χ2v) is 10.3. The molecule has 0 spiro atoms. The van der Waals surface area contributed by atoms with Crippen molar-refractivity contribution in [3.05, 3.63) is 65.2 Å². The number of benzene rings is 2. The van der Waals surface area contributed by atoms with Gasteiger partial charge in [0.1, 0.15) is 0 Å². The maximum absolute atomic E-state index is 11.5. The molecule has 2 rings (SSSR count). The Kier molecular flexibility index (Phi) is 10.3. The van der Waals surface area contributed by atoms with Crippen molar-refractivity contribution in [1.82, 2.24) is 10.6 Å². The summed E-state index contributed by atoms with van der Waals surface area (Å²) in [5.74, 6) is 0.778. The Labute approximate surface area is 198 Å². The van der Waals surface area contributed by atoms with Crippen LogP contribution in [0.2, 0.25) is 0 Å². The minimum Gasteiger partial charge on any atom is -0.357 e. The average molecular weight is 544 g/mol. The van der Waals surface area contributed by atoms with Crippen LogP contribution in [0.5, 0.6) is 0 Å². The van der Waals surface area contributed by atoms with E-state index in [2.05, 4.69) is 60.7 Å². The lowest BCUT2D eigenvalue weighted by Crippen LogP contribution is -2.38. The first-order valence-corrected chi connectivity index (χ1v) is 11.9. The van der Waals surface area contributed by atoms with Gasteiger partial charge in [-0.2, -0.15) is 0 Å². The van der Waals surface area contributed by atoms with Gasteiger partial charge >= 0.3 is 0 Å². The number of hydrogen-bond donors (Lipinski definition) is 2. The zero-order chi connectivity index (χ0) is 21.5. The average Bonchev–Trinajstić information content (AvgIpc) is 2.65. The Balaban J connectivity index is 0.00000450. The van der Waals surface area contributed by atoms with E-state index in [1.54, 1.807) is 12.1 Å². The SMILES string of the molecule is CCNC(=NCc1ccc(C(C)(C)C)cc1)NCCc1ccc(S(C)(=O)=O)cc1.I. The summed E-state index contributed by atoms with van der Waals surface area (Å²) in [4.78, 5) is 5.02. The monoisotopic (exact) mass is 543 g/mol. The van der Waals surface area contributed by atoms with Gasteiger partial charge in [0.05, 0.1) is 11.4 Å². The van der Waals surface area contributed by atoms with Gasteiger partial charge in [0, 0.05) is 19.3 Å². The van der Waals surface area contributed by atoms with E-state index < -0.39 is 9.84 Å². The largest absolute Gasteiger partial charge is 0.357 e. The highest BCUT2D eigenvalue weighted by atomic mass is 127. The Morgan fingerprint density at radius 2 is 1.50 bits per heavy atom. The first-order valence-electron chi connectivity index (χ1n) is 10.00. The van der Waals surface area contributed by atoms with Gasteiger partial charge in [0.15, 0.2) is 15.8 Å². The molecule has 0 amide bonds. The van der Waals surface area contributed by atoms with Crippen LogP contribution in [0.25, 0.3) is 0 Å². The molecule has 166 valence electrons. The smallest absolute Gasteiger partial charge is 0.191 e. The number of hydrogen-bond acceptors (Lipinski definition) is 3. The lowest BCUT2D eigenvalue weighted by molar-refractivity contribution is 0.590. The van der Waals surface area contributed by atoms with Gasteiger partial charge < -0.3 is 10.6 Å². The van der Waals surface area contributed by atoms with E-state index >= 15 is 0 Å². The van der Waals surface area contributed by atoms with Crippen molar-refractivity contribution in [1.29, 1.82) is 0 Å². The normalized spacial score (nSPS) is 12.2. The zero-order valence-corrected chi connectivity index (χ0v) is 21.7. The van der Waals surface area contributed by atoms with Crippen LogP contribution in [-0.4, -0.2) is 33.7 Å². The number of rotatable bonds is 7.